The largest absolute Gasteiger partial charge is 0.489 e. The number of amides is 1. The fourth-order valence-corrected chi connectivity index (χ4v) is 4.05. The first kappa shape index (κ1) is 21.0. The van der Waals surface area contributed by atoms with Gasteiger partial charge in [-0.05, 0) is 89.7 Å². The van der Waals surface area contributed by atoms with E-state index in [0.29, 0.717) is 11.8 Å². The molecule has 1 saturated carbocycles. The average Bonchev–Trinajstić information content (AvgIpc) is 3.43. The Bertz CT molecular complexity index is 886. The Kier molecular flexibility index (Phi) is 5.94. The molecule has 164 valence electrons. The summed E-state index contributed by atoms with van der Waals surface area (Å²) in [5.74, 6) is 2.14. The summed E-state index contributed by atoms with van der Waals surface area (Å²) < 4.78 is 17.3. The molecule has 2 aliphatic rings. The number of ether oxygens (including phenoxy) is 2. The zero-order chi connectivity index (χ0) is 21.3. The summed E-state index contributed by atoms with van der Waals surface area (Å²) in [6.45, 7) is 10.1. The van der Waals surface area contributed by atoms with Crippen LogP contribution in [0.4, 0.5) is 4.79 Å². The van der Waals surface area contributed by atoms with Crippen molar-refractivity contribution in [1.29, 1.82) is 0 Å². The Labute approximate surface area is 178 Å². The van der Waals surface area contributed by atoms with Crippen LogP contribution in [0.5, 0.6) is 5.75 Å². The highest BCUT2D eigenvalue weighted by Crippen LogP contribution is 2.35. The molecule has 0 bridgehead atoms. The maximum Gasteiger partial charge on any atom is 0.410 e. The average molecular weight is 415 g/mol. The normalized spacial score (nSPS) is 18.1. The summed E-state index contributed by atoms with van der Waals surface area (Å²) >= 11 is 0. The van der Waals surface area contributed by atoms with Gasteiger partial charge < -0.3 is 18.9 Å². The van der Waals surface area contributed by atoms with Gasteiger partial charge in [0, 0.05) is 18.5 Å². The van der Waals surface area contributed by atoms with Gasteiger partial charge in [-0.2, -0.15) is 0 Å². The zero-order valence-corrected chi connectivity index (χ0v) is 18.7. The topological polar surface area (TPSA) is 64.8 Å². The van der Waals surface area contributed by atoms with E-state index in [1.807, 2.05) is 25.7 Å². The van der Waals surface area contributed by atoms with Gasteiger partial charge in [-0.25, -0.2) is 4.79 Å². The van der Waals surface area contributed by atoms with E-state index in [4.69, 9.17) is 14.0 Å². The van der Waals surface area contributed by atoms with Crippen LogP contribution in [0.2, 0.25) is 0 Å². The third kappa shape index (κ3) is 5.08. The summed E-state index contributed by atoms with van der Waals surface area (Å²) in [7, 11) is 0. The van der Waals surface area contributed by atoms with Gasteiger partial charge >= 0.3 is 6.09 Å². The van der Waals surface area contributed by atoms with E-state index >= 15 is 0 Å². The molecule has 30 heavy (non-hydrogen) atoms. The predicted octanol–water partition coefficient (Wildman–Crippen LogP) is 5.50. The highest BCUT2D eigenvalue weighted by atomic mass is 16.6. The molecule has 6 nitrogen and oxygen atoms in total. The van der Waals surface area contributed by atoms with Crippen LogP contribution in [0.1, 0.15) is 64.1 Å². The van der Waals surface area contributed by atoms with Crippen molar-refractivity contribution in [2.75, 3.05) is 19.7 Å². The number of rotatable bonds is 6. The van der Waals surface area contributed by atoms with Gasteiger partial charge in [0.25, 0.3) is 0 Å². The van der Waals surface area contributed by atoms with E-state index in [9.17, 15) is 4.79 Å². The van der Waals surface area contributed by atoms with E-state index in [1.54, 1.807) is 0 Å². The molecule has 0 radical (unpaired) electrons. The van der Waals surface area contributed by atoms with Gasteiger partial charge in [-0.1, -0.05) is 11.2 Å². The fraction of sp³-hybridized carbons (Fsp3) is 0.667. The highest BCUT2D eigenvalue weighted by Gasteiger charge is 2.27. The molecule has 1 aliphatic heterocycles. The number of hydrogen-bond donors (Lipinski definition) is 0. The quantitative estimate of drug-likeness (QED) is 0.624. The van der Waals surface area contributed by atoms with Crippen molar-refractivity contribution in [3.63, 3.8) is 0 Å². The number of benzene rings is 1. The van der Waals surface area contributed by atoms with E-state index in [0.717, 1.165) is 73.4 Å². The molecule has 1 aromatic carbocycles. The van der Waals surface area contributed by atoms with Crippen LogP contribution < -0.4 is 4.74 Å². The summed E-state index contributed by atoms with van der Waals surface area (Å²) in [6.07, 6.45) is 6.28. The Morgan fingerprint density at radius 3 is 2.57 bits per heavy atom. The molecule has 2 aromatic rings. The van der Waals surface area contributed by atoms with Crippen LogP contribution in [-0.4, -0.2) is 41.4 Å². The molecule has 0 atom stereocenters. The van der Waals surface area contributed by atoms with Gasteiger partial charge in [0.2, 0.25) is 5.58 Å². The first-order valence-corrected chi connectivity index (χ1v) is 11.3. The summed E-state index contributed by atoms with van der Waals surface area (Å²) in [5, 5.41) is 5.44. The lowest BCUT2D eigenvalue weighted by Crippen LogP contribution is -2.41. The second-order valence-corrected chi connectivity index (χ2v) is 9.92. The fourth-order valence-electron chi connectivity index (χ4n) is 4.05. The van der Waals surface area contributed by atoms with Crippen LogP contribution in [0.25, 0.3) is 11.0 Å². The van der Waals surface area contributed by atoms with Crippen LogP contribution in [0.15, 0.2) is 16.7 Å². The van der Waals surface area contributed by atoms with Gasteiger partial charge in [0.15, 0.2) is 5.75 Å². The Balaban J connectivity index is 1.32. The summed E-state index contributed by atoms with van der Waals surface area (Å²) in [5.41, 5.74) is 2.45. The zero-order valence-electron chi connectivity index (χ0n) is 18.7. The second kappa shape index (κ2) is 8.48. The van der Waals surface area contributed by atoms with Crippen LogP contribution >= 0.6 is 0 Å². The van der Waals surface area contributed by atoms with E-state index in [2.05, 4.69) is 24.2 Å². The molecular weight excluding hydrogens is 380 g/mol. The minimum Gasteiger partial charge on any atom is -0.489 e. The molecular formula is C24H34N2O4. The molecule has 4 rings (SSSR count). The number of hydrogen-bond acceptors (Lipinski definition) is 5. The molecule has 1 amide bonds. The van der Waals surface area contributed by atoms with Gasteiger partial charge in [-0.3, -0.25) is 0 Å². The minimum absolute atomic E-state index is 0.197. The van der Waals surface area contributed by atoms with Crippen molar-refractivity contribution in [1.82, 2.24) is 10.1 Å². The molecule has 2 fully saturated rings. The number of fused-ring (bicyclic) bond motifs is 1. The van der Waals surface area contributed by atoms with E-state index in [-0.39, 0.29) is 6.09 Å². The third-order valence-electron chi connectivity index (χ3n) is 6.08. The van der Waals surface area contributed by atoms with Crippen molar-refractivity contribution < 1.29 is 18.8 Å². The lowest BCUT2D eigenvalue weighted by atomic mass is 9.91. The Morgan fingerprint density at radius 2 is 1.90 bits per heavy atom. The van der Waals surface area contributed by atoms with Crippen molar-refractivity contribution in [3.8, 4) is 5.75 Å². The number of carbonyl (C=O) groups is 1. The molecule has 0 unspecified atom stereocenters. The summed E-state index contributed by atoms with van der Waals surface area (Å²) in [4.78, 5) is 14.1. The number of nitrogens with zero attached hydrogens (tertiary/aromatic N) is 2. The number of carbonyl (C=O) groups excluding carboxylic acids is 1. The first-order chi connectivity index (χ1) is 14.3. The molecule has 1 aromatic heterocycles. The second-order valence-electron chi connectivity index (χ2n) is 9.92. The van der Waals surface area contributed by atoms with Gasteiger partial charge in [-0.15, -0.1) is 0 Å². The van der Waals surface area contributed by atoms with Crippen LogP contribution in [0, 0.1) is 18.8 Å². The first-order valence-electron chi connectivity index (χ1n) is 11.3. The van der Waals surface area contributed by atoms with Gasteiger partial charge in [0.05, 0.1) is 12.3 Å². The lowest BCUT2D eigenvalue weighted by Gasteiger charge is -2.33. The van der Waals surface area contributed by atoms with Crippen molar-refractivity contribution >= 4 is 17.1 Å². The lowest BCUT2D eigenvalue weighted by molar-refractivity contribution is 0.0181. The number of piperidine rings is 1. The maximum atomic E-state index is 12.2. The van der Waals surface area contributed by atoms with Crippen LogP contribution in [0.3, 0.4) is 0 Å². The Morgan fingerprint density at radius 1 is 1.17 bits per heavy atom. The molecule has 2 heterocycles. The number of likely N-dealkylation sites (tertiary alicyclic amines) is 1. The predicted molar refractivity (Wildman–Crippen MR) is 116 cm³/mol. The Hall–Kier alpha value is -2.24. The van der Waals surface area contributed by atoms with E-state index in [1.165, 1.54) is 12.8 Å². The molecule has 6 heteroatoms. The summed E-state index contributed by atoms with van der Waals surface area (Å²) in [6, 6.07) is 4.20. The van der Waals surface area contributed by atoms with Crippen molar-refractivity contribution in [2.45, 2.75) is 71.8 Å². The van der Waals surface area contributed by atoms with Crippen molar-refractivity contribution in [3.05, 3.63) is 23.4 Å². The number of aryl methyl sites for hydroxylation is 2. The van der Waals surface area contributed by atoms with Crippen molar-refractivity contribution in [2.24, 2.45) is 11.8 Å². The third-order valence-corrected chi connectivity index (χ3v) is 6.08. The van der Waals surface area contributed by atoms with Gasteiger partial charge in [0.1, 0.15) is 5.60 Å². The van der Waals surface area contributed by atoms with Crippen LogP contribution in [-0.2, 0) is 11.2 Å². The molecule has 1 aliphatic carbocycles. The molecule has 0 spiro atoms. The SMILES string of the molecule is Cc1ccc2c(CCC3CCN(C(=O)OC(C)(C)C)CC3)noc2c1OCC1CC1. The van der Waals surface area contributed by atoms with E-state index < -0.39 is 5.60 Å². The number of aromatic nitrogens is 1. The standard InChI is InChI=1S/C24H34N2O4/c1-16-5-9-19-20(25-30-22(19)21(16)28-15-18-6-7-18)10-8-17-11-13-26(14-12-17)23(27)29-24(2,3)4/h5,9,17-18H,6-8,10-15H2,1-4H3. The maximum absolute atomic E-state index is 12.2. The molecule has 0 N–H and O–H groups in total. The highest BCUT2D eigenvalue weighted by molar-refractivity contribution is 5.86. The smallest absolute Gasteiger partial charge is 0.410 e. The minimum atomic E-state index is -0.443. The monoisotopic (exact) mass is 414 g/mol. The molecule has 1 saturated heterocycles.